The first-order chi connectivity index (χ1) is 15.1. The quantitative estimate of drug-likeness (QED) is 0.482. The van der Waals surface area contributed by atoms with Crippen LogP contribution in [-0.4, -0.2) is 45.7 Å². The van der Waals surface area contributed by atoms with Crippen LogP contribution in [0.15, 0.2) is 23.2 Å². The van der Waals surface area contributed by atoms with Gasteiger partial charge in [-0.1, -0.05) is 39.5 Å². The van der Waals surface area contributed by atoms with Gasteiger partial charge in [0.05, 0.1) is 22.9 Å². The minimum atomic E-state index is -5.08. The van der Waals surface area contributed by atoms with Crippen LogP contribution in [0.5, 0.6) is 0 Å². The predicted octanol–water partition coefficient (Wildman–Crippen LogP) is 6.32. The molecule has 12 heteroatoms. The van der Waals surface area contributed by atoms with E-state index in [1.54, 1.807) is 6.07 Å². The smallest absolute Gasteiger partial charge is 0.475 e. The molecule has 1 saturated heterocycles. The molecule has 0 spiro atoms. The van der Waals surface area contributed by atoms with Crippen molar-refractivity contribution in [1.29, 1.82) is 5.26 Å². The van der Waals surface area contributed by atoms with Crippen LogP contribution in [0.4, 0.5) is 32.0 Å². The lowest BCUT2D eigenvalue weighted by atomic mass is 10.0. The predicted molar refractivity (Wildman–Crippen MR) is 114 cm³/mol. The molecule has 5 nitrogen and oxygen atoms in total. The van der Waals surface area contributed by atoms with Gasteiger partial charge in [0.1, 0.15) is 0 Å². The number of carboxylic acid groups (broad SMARTS) is 1. The molecule has 0 aromatic heterocycles. The Labute approximate surface area is 192 Å². The number of alkyl halides is 6. The highest BCUT2D eigenvalue weighted by molar-refractivity contribution is 8.14. The number of thioether (sulfide) groups is 1. The average Bonchev–Trinajstić information content (AvgIpc) is 3.01. The van der Waals surface area contributed by atoms with Crippen molar-refractivity contribution in [1.82, 2.24) is 4.90 Å². The van der Waals surface area contributed by atoms with E-state index < -0.39 is 23.9 Å². The maximum atomic E-state index is 13.4. The third kappa shape index (κ3) is 9.15. The van der Waals surface area contributed by atoms with Crippen molar-refractivity contribution in [2.75, 3.05) is 12.3 Å². The molecule has 0 amide bonds. The standard InChI is InChI=1S/C19H24F3N3S.C2HF3O2/c1-12(2)7-15-11-26-18(25(15)10-13(3)4)24-17-6-5-14(9-23)8-16(17)19(20,21)22;3-2(4,5)1(6)7/h5-6,8,12-13,15H,7,10-11H2,1-4H3;(H,6,7)/b24-18-;/t15-;/m0./s1. The summed E-state index contributed by atoms with van der Waals surface area (Å²) in [6.07, 6.45) is -8.64. The number of rotatable bonds is 5. The molecular formula is C21H25F6N3O2S. The zero-order valence-corrected chi connectivity index (χ0v) is 19.3. The van der Waals surface area contributed by atoms with E-state index in [-0.39, 0.29) is 17.3 Å². The summed E-state index contributed by atoms with van der Waals surface area (Å²) < 4.78 is 71.9. The van der Waals surface area contributed by atoms with Crippen molar-refractivity contribution < 1.29 is 36.2 Å². The number of amidine groups is 1. The molecular weight excluding hydrogens is 472 g/mol. The van der Waals surface area contributed by atoms with Crippen LogP contribution in [-0.2, 0) is 11.0 Å². The second-order valence-corrected chi connectivity index (χ2v) is 9.17. The van der Waals surface area contributed by atoms with Gasteiger partial charge < -0.3 is 10.0 Å². The van der Waals surface area contributed by atoms with Gasteiger partial charge in [-0.15, -0.1) is 0 Å². The van der Waals surface area contributed by atoms with Crippen LogP contribution in [0.1, 0.15) is 45.2 Å². The summed E-state index contributed by atoms with van der Waals surface area (Å²) in [5, 5.41) is 16.7. The van der Waals surface area contributed by atoms with Crippen LogP contribution < -0.4 is 0 Å². The minimum Gasteiger partial charge on any atom is -0.475 e. The van der Waals surface area contributed by atoms with Gasteiger partial charge in [-0.3, -0.25) is 0 Å². The SMILES string of the molecule is CC(C)C[C@H]1CS/C(=N\c2ccc(C#N)cc2C(F)(F)F)N1CC(C)C.O=C(O)C(F)(F)F. The number of hydrogen-bond donors (Lipinski definition) is 1. The first-order valence-corrected chi connectivity index (χ1v) is 10.9. The highest BCUT2D eigenvalue weighted by Gasteiger charge is 2.38. The molecule has 1 aromatic carbocycles. The molecule has 1 fully saturated rings. The Kier molecular flexibility index (Phi) is 10.1. The summed E-state index contributed by atoms with van der Waals surface area (Å²) in [6, 6.07) is 5.59. The van der Waals surface area contributed by atoms with E-state index in [0.717, 1.165) is 24.8 Å². The number of aliphatic carboxylic acids is 1. The number of halogens is 6. The summed E-state index contributed by atoms with van der Waals surface area (Å²) >= 11 is 1.51. The van der Waals surface area contributed by atoms with Crippen LogP contribution in [0, 0.1) is 23.2 Å². The number of nitriles is 1. The van der Waals surface area contributed by atoms with Gasteiger partial charge in [0.15, 0.2) is 5.17 Å². The van der Waals surface area contributed by atoms with E-state index in [9.17, 15) is 26.3 Å². The molecule has 1 N–H and O–H groups in total. The fraction of sp³-hybridized carbons (Fsp3) is 0.571. The van der Waals surface area contributed by atoms with Crippen LogP contribution in [0.3, 0.4) is 0 Å². The van der Waals surface area contributed by atoms with Gasteiger partial charge >= 0.3 is 18.3 Å². The van der Waals surface area contributed by atoms with Gasteiger partial charge in [-0.2, -0.15) is 31.6 Å². The second-order valence-electron chi connectivity index (χ2n) is 8.18. The molecule has 1 atom stereocenters. The zero-order chi connectivity index (χ0) is 25.6. The maximum absolute atomic E-state index is 13.4. The first kappa shape index (κ1) is 28.6. The van der Waals surface area contributed by atoms with Crippen molar-refractivity contribution >= 4 is 28.6 Å². The van der Waals surface area contributed by atoms with Gasteiger partial charge in [0.25, 0.3) is 0 Å². The lowest BCUT2D eigenvalue weighted by molar-refractivity contribution is -0.192. The molecule has 1 aromatic rings. The van der Waals surface area contributed by atoms with Gasteiger partial charge in [-0.25, -0.2) is 9.79 Å². The highest BCUT2D eigenvalue weighted by atomic mass is 32.2. The lowest BCUT2D eigenvalue weighted by Gasteiger charge is -2.29. The first-order valence-electron chi connectivity index (χ1n) is 9.95. The largest absolute Gasteiger partial charge is 0.490 e. The lowest BCUT2D eigenvalue weighted by Crippen LogP contribution is -2.37. The number of benzene rings is 1. The monoisotopic (exact) mass is 497 g/mol. The highest BCUT2D eigenvalue weighted by Crippen LogP contribution is 2.39. The van der Waals surface area contributed by atoms with Crippen LogP contribution in [0.25, 0.3) is 0 Å². The topological polar surface area (TPSA) is 76.7 Å². The van der Waals surface area contributed by atoms with Crippen molar-refractivity contribution in [3.05, 3.63) is 29.3 Å². The van der Waals surface area contributed by atoms with E-state index in [2.05, 4.69) is 37.6 Å². The Morgan fingerprint density at radius 3 is 2.21 bits per heavy atom. The molecule has 33 heavy (non-hydrogen) atoms. The molecule has 0 radical (unpaired) electrons. The third-order valence-electron chi connectivity index (χ3n) is 4.29. The summed E-state index contributed by atoms with van der Waals surface area (Å²) in [5.41, 5.74) is -1.00. The molecule has 0 bridgehead atoms. The van der Waals surface area contributed by atoms with Crippen LogP contribution in [0.2, 0.25) is 0 Å². The van der Waals surface area contributed by atoms with Gasteiger partial charge in [0.2, 0.25) is 0 Å². The van der Waals surface area contributed by atoms with Crippen LogP contribution >= 0.6 is 11.8 Å². The molecule has 0 unspecified atom stereocenters. The molecule has 0 saturated carbocycles. The van der Waals surface area contributed by atoms with Crippen molar-refractivity contribution in [3.63, 3.8) is 0 Å². The third-order valence-corrected chi connectivity index (χ3v) is 5.42. The number of nitrogens with zero attached hydrogens (tertiary/aromatic N) is 3. The number of carbonyl (C=O) groups is 1. The Bertz CT molecular complexity index is 891. The van der Waals surface area contributed by atoms with Gasteiger partial charge in [-0.05, 0) is 36.5 Å². The van der Waals surface area contributed by atoms with Crippen molar-refractivity contribution in [2.24, 2.45) is 16.8 Å². The normalized spacial score (nSPS) is 17.8. The van der Waals surface area contributed by atoms with E-state index in [1.807, 2.05) is 0 Å². The molecule has 1 aliphatic heterocycles. The molecule has 1 heterocycles. The average molecular weight is 498 g/mol. The Morgan fingerprint density at radius 1 is 1.21 bits per heavy atom. The molecule has 1 aliphatic rings. The van der Waals surface area contributed by atoms with E-state index in [0.29, 0.717) is 17.0 Å². The Hall–Kier alpha value is -2.42. The summed E-state index contributed by atoms with van der Waals surface area (Å²) in [5.74, 6) is -1.03. The summed E-state index contributed by atoms with van der Waals surface area (Å²) in [4.78, 5) is 15.4. The maximum Gasteiger partial charge on any atom is 0.490 e. The molecule has 2 rings (SSSR count). The summed E-state index contributed by atoms with van der Waals surface area (Å²) in [7, 11) is 0. The zero-order valence-electron chi connectivity index (χ0n) is 18.5. The Balaban J connectivity index is 0.000000675. The molecule has 0 aliphatic carbocycles. The van der Waals surface area contributed by atoms with Crippen molar-refractivity contribution in [2.45, 2.75) is 52.5 Å². The number of hydrogen-bond acceptors (Lipinski definition) is 4. The minimum absolute atomic E-state index is 0.0166. The fourth-order valence-electron chi connectivity index (χ4n) is 2.99. The summed E-state index contributed by atoms with van der Waals surface area (Å²) in [6.45, 7) is 9.25. The fourth-order valence-corrected chi connectivity index (χ4v) is 4.20. The van der Waals surface area contributed by atoms with E-state index in [4.69, 9.17) is 15.2 Å². The van der Waals surface area contributed by atoms with Gasteiger partial charge in [0, 0.05) is 18.3 Å². The number of aliphatic imine (C=N–C) groups is 1. The molecule has 184 valence electrons. The van der Waals surface area contributed by atoms with E-state index in [1.165, 1.54) is 23.9 Å². The van der Waals surface area contributed by atoms with Crippen molar-refractivity contribution in [3.8, 4) is 6.07 Å². The number of carboxylic acids is 1. The second kappa shape index (κ2) is 11.6. The Morgan fingerprint density at radius 2 is 1.79 bits per heavy atom. The van der Waals surface area contributed by atoms with E-state index >= 15 is 0 Å².